The van der Waals surface area contributed by atoms with Crippen LogP contribution in [0.25, 0.3) is 0 Å². The van der Waals surface area contributed by atoms with E-state index in [0.717, 1.165) is 0 Å². The smallest absolute Gasteiger partial charge is 0.313 e. The van der Waals surface area contributed by atoms with Gasteiger partial charge in [-0.1, -0.05) is 18.2 Å². The van der Waals surface area contributed by atoms with E-state index in [9.17, 15) is 13.2 Å². The maximum atomic E-state index is 12.8. The van der Waals surface area contributed by atoms with Crippen molar-refractivity contribution in [2.45, 2.75) is 29.6 Å². The Bertz CT molecular complexity index is 870. The topological polar surface area (TPSA) is 69.7 Å². The Kier molecular flexibility index (Phi) is 3.85. The molecule has 120 valence electrons. The number of ether oxygens (including phenoxy) is 2. The van der Waals surface area contributed by atoms with E-state index in [4.69, 9.17) is 9.47 Å². The van der Waals surface area contributed by atoms with Gasteiger partial charge >= 0.3 is 5.97 Å². The third-order valence-corrected chi connectivity index (χ3v) is 5.57. The summed E-state index contributed by atoms with van der Waals surface area (Å²) >= 11 is 0. The molecule has 0 amide bonds. The van der Waals surface area contributed by atoms with Crippen LogP contribution >= 0.6 is 0 Å². The lowest BCUT2D eigenvalue weighted by Gasteiger charge is -2.21. The van der Waals surface area contributed by atoms with Crippen LogP contribution < -0.4 is 4.74 Å². The maximum absolute atomic E-state index is 12.8. The van der Waals surface area contributed by atoms with Crippen molar-refractivity contribution in [3.63, 3.8) is 0 Å². The molecule has 6 heteroatoms. The van der Waals surface area contributed by atoms with Crippen molar-refractivity contribution in [1.29, 1.82) is 0 Å². The Morgan fingerprint density at radius 3 is 2.57 bits per heavy atom. The van der Waals surface area contributed by atoms with E-state index >= 15 is 0 Å². The number of hydrogen-bond donors (Lipinski definition) is 0. The summed E-state index contributed by atoms with van der Waals surface area (Å²) in [4.78, 5) is 12.1. The molecule has 1 atom stereocenters. The molecular formula is C17H16O5S. The lowest BCUT2D eigenvalue weighted by molar-refractivity contribution is -0.144. The van der Waals surface area contributed by atoms with Crippen LogP contribution in [0.4, 0.5) is 0 Å². The van der Waals surface area contributed by atoms with Gasteiger partial charge in [0.2, 0.25) is 9.84 Å². The van der Waals surface area contributed by atoms with Gasteiger partial charge in [-0.05, 0) is 43.7 Å². The number of benzene rings is 2. The van der Waals surface area contributed by atoms with Crippen molar-refractivity contribution in [3.8, 4) is 11.5 Å². The number of carbonyl (C=O) groups excluding carboxylic acids is 1. The van der Waals surface area contributed by atoms with E-state index < -0.39 is 15.8 Å². The summed E-state index contributed by atoms with van der Waals surface area (Å²) in [5.74, 6) is -0.357. The second kappa shape index (κ2) is 5.70. The Balaban J connectivity index is 2.07. The van der Waals surface area contributed by atoms with Crippen molar-refractivity contribution in [2.24, 2.45) is 0 Å². The normalized spacial score (nSPS) is 15.7. The van der Waals surface area contributed by atoms with E-state index in [-0.39, 0.29) is 28.1 Å². The molecule has 0 bridgehead atoms. The Hall–Kier alpha value is -2.34. The summed E-state index contributed by atoms with van der Waals surface area (Å²) < 4.78 is 36.2. The van der Waals surface area contributed by atoms with Crippen molar-refractivity contribution in [3.05, 3.63) is 48.0 Å². The predicted octanol–water partition coefficient (Wildman–Crippen LogP) is 3.29. The van der Waals surface area contributed by atoms with Gasteiger partial charge in [0, 0.05) is 0 Å². The fourth-order valence-electron chi connectivity index (χ4n) is 2.49. The molecule has 5 nitrogen and oxygen atoms in total. The molecule has 3 rings (SSSR count). The predicted molar refractivity (Wildman–Crippen MR) is 83.5 cm³/mol. The number of para-hydroxylation sites is 1. The molecule has 0 saturated carbocycles. The van der Waals surface area contributed by atoms with Gasteiger partial charge in [-0.3, -0.25) is 4.79 Å². The molecule has 0 aromatic heterocycles. The van der Waals surface area contributed by atoms with Gasteiger partial charge < -0.3 is 9.47 Å². The van der Waals surface area contributed by atoms with Crippen LogP contribution in [0.15, 0.2) is 52.3 Å². The second-order valence-corrected chi connectivity index (χ2v) is 7.12. The van der Waals surface area contributed by atoms with E-state index in [1.54, 1.807) is 44.2 Å². The highest BCUT2D eigenvalue weighted by molar-refractivity contribution is 7.91. The number of sulfone groups is 1. The molecule has 2 aromatic carbocycles. The SMILES string of the molecule is CCOC(=O)C(C)c1ccc2c(c1)S(=O)(=O)c1ccccc1O2. The summed E-state index contributed by atoms with van der Waals surface area (Å²) in [7, 11) is -3.67. The Labute approximate surface area is 134 Å². The zero-order chi connectivity index (χ0) is 16.6. The summed E-state index contributed by atoms with van der Waals surface area (Å²) in [6, 6.07) is 11.2. The van der Waals surface area contributed by atoms with Gasteiger partial charge in [0.05, 0.1) is 12.5 Å². The Morgan fingerprint density at radius 1 is 1.13 bits per heavy atom. The lowest BCUT2D eigenvalue weighted by atomic mass is 10.0. The van der Waals surface area contributed by atoms with Gasteiger partial charge in [0.15, 0.2) is 0 Å². The van der Waals surface area contributed by atoms with Crippen molar-refractivity contribution in [2.75, 3.05) is 6.61 Å². The average molecular weight is 332 g/mol. The number of carbonyl (C=O) groups is 1. The van der Waals surface area contributed by atoms with E-state index in [0.29, 0.717) is 11.3 Å². The third-order valence-electron chi connectivity index (χ3n) is 3.76. The highest BCUT2D eigenvalue weighted by atomic mass is 32.2. The van der Waals surface area contributed by atoms with Crippen LogP contribution in [0.1, 0.15) is 25.3 Å². The molecule has 0 aliphatic carbocycles. The number of hydrogen-bond acceptors (Lipinski definition) is 5. The molecule has 0 fully saturated rings. The van der Waals surface area contributed by atoms with E-state index in [2.05, 4.69) is 0 Å². The van der Waals surface area contributed by atoms with Crippen LogP contribution in [-0.4, -0.2) is 21.0 Å². The minimum absolute atomic E-state index is 0.0739. The first-order valence-corrected chi connectivity index (χ1v) is 8.76. The molecular weight excluding hydrogens is 316 g/mol. The molecule has 0 radical (unpaired) electrons. The van der Waals surface area contributed by atoms with Crippen molar-refractivity contribution in [1.82, 2.24) is 0 Å². The zero-order valence-electron chi connectivity index (χ0n) is 12.8. The highest BCUT2D eigenvalue weighted by Crippen LogP contribution is 2.43. The Morgan fingerprint density at radius 2 is 1.83 bits per heavy atom. The van der Waals surface area contributed by atoms with Crippen LogP contribution in [0.3, 0.4) is 0 Å². The molecule has 1 aliphatic rings. The van der Waals surface area contributed by atoms with Crippen LogP contribution in [0, 0.1) is 0 Å². The first-order valence-electron chi connectivity index (χ1n) is 7.27. The first-order chi connectivity index (χ1) is 10.9. The van der Waals surface area contributed by atoms with Gasteiger partial charge in [-0.15, -0.1) is 0 Å². The molecule has 0 N–H and O–H groups in total. The minimum atomic E-state index is -3.67. The molecule has 1 unspecified atom stereocenters. The summed E-state index contributed by atoms with van der Waals surface area (Å²) in [5, 5.41) is 0. The third kappa shape index (κ3) is 2.59. The van der Waals surface area contributed by atoms with Gasteiger partial charge in [-0.2, -0.15) is 0 Å². The molecule has 1 heterocycles. The second-order valence-electron chi connectivity index (χ2n) is 5.23. The monoisotopic (exact) mass is 332 g/mol. The fraction of sp³-hybridized carbons (Fsp3) is 0.235. The number of esters is 1. The zero-order valence-corrected chi connectivity index (χ0v) is 13.6. The molecule has 0 saturated heterocycles. The highest BCUT2D eigenvalue weighted by Gasteiger charge is 2.32. The van der Waals surface area contributed by atoms with Crippen LogP contribution in [-0.2, 0) is 19.4 Å². The number of rotatable bonds is 3. The quantitative estimate of drug-likeness (QED) is 0.688. The minimum Gasteiger partial charge on any atom is -0.466 e. The van der Waals surface area contributed by atoms with E-state index in [1.807, 2.05) is 0 Å². The average Bonchev–Trinajstić information content (AvgIpc) is 2.54. The fourth-order valence-corrected chi connectivity index (χ4v) is 4.02. The van der Waals surface area contributed by atoms with Crippen molar-refractivity contribution < 1.29 is 22.7 Å². The standard InChI is InChI=1S/C17H16O5S/c1-3-21-17(18)11(2)12-8-9-14-16(10-12)23(19,20)15-7-5-4-6-13(15)22-14/h4-11H,3H2,1-2H3. The molecule has 1 aliphatic heterocycles. The summed E-state index contributed by atoms with van der Waals surface area (Å²) in [5.41, 5.74) is 0.578. The molecule has 0 spiro atoms. The van der Waals surface area contributed by atoms with Crippen LogP contribution in [0.2, 0.25) is 0 Å². The summed E-state index contributed by atoms with van der Waals surface area (Å²) in [6.07, 6.45) is 0. The largest absolute Gasteiger partial charge is 0.466 e. The van der Waals surface area contributed by atoms with E-state index in [1.165, 1.54) is 12.1 Å². The molecule has 2 aromatic rings. The molecule has 23 heavy (non-hydrogen) atoms. The van der Waals surface area contributed by atoms with Crippen LogP contribution in [0.5, 0.6) is 11.5 Å². The lowest BCUT2D eigenvalue weighted by Crippen LogP contribution is -2.15. The first kappa shape index (κ1) is 15.6. The number of fused-ring (bicyclic) bond motifs is 2. The van der Waals surface area contributed by atoms with Gasteiger partial charge in [0.1, 0.15) is 21.3 Å². The van der Waals surface area contributed by atoms with Gasteiger partial charge in [-0.25, -0.2) is 8.42 Å². The maximum Gasteiger partial charge on any atom is 0.313 e. The van der Waals surface area contributed by atoms with Gasteiger partial charge in [0.25, 0.3) is 0 Å². The van der Waals surface area contributed by atoms with Crippen molar-refractivity contribution >= 4 is 15.8 Å². The summed E-state index contributed by atoms with van der Waals surface area (Å²) in [6.45, 7) is 3.69.